The van der Waals surface area contributed by atoms with Gasteiger partial charge in [-0.05, 0) is 12.8 Å². The van der Waals surface area contributed by atoms with Crippen LogP contribution in [-0.2, 0) is 4.74 Å². The van der Waals surface area contributed by atoms with Gasteiger partial charge in [0, 0.05) is 20.2 Å². The summed E-state index contributed by atoms with van der Waals surface area (Å²) in [6, 6.07) is 0. The minimum atomic E-state index is -0.185. The number of carbonyl (C=O) groups excluding carboxylic acids is 1. The van der Waals surface area contributed by atoms with E-state index in [0.717, 1.165) is 5.69 Å². The van der Waals surface area contributed by atoms with Crippen LogP contribution in [-0.4, -0.2) is 47.8 Å². The van der Waals surface area contributed by atoms with Gasteiger partial charge in [0.05, 0.1) is 18.0 Å². The van der Waals surface area contributed by atoms with Gasteiger partial charge in [0.15, 0.2) is 5.69 Å². The second kappa shape index (κ2) is 6.39. The minimum absolute atomic E-state index is 0.185. The van der Waals surface area contributed by atoms with Gasteiger partial charge in [-0.25, -0.2) is 0 Å². The van der Waals surface area contributed by atoms with Gasteiger partial charge in [-0.1, -0.05) is 13.8 Å². The van der Waals surface area contributed by atoms with E-state index >= 15 is 0 Å². The molecule has 0 atom stereocenters. The zero-order valence-corrected chi connectivity index (χ0v) is 11.5. The monoisotopic (exact) mass is 254 g/mol. The molecule has 1 aromatic rings. The van der Waals surface area contributed by atoms with Crippen molar-refractivity contribution in [2.75, 3.05) is 32.5 Å². The summed E-state index contributed by atoms with van der Waals surface area (Å²) in [5.41, 5.74) is 7.46. The molecule has 102 valence electrons. The van der Waals surface area contributed by atoms with Crippen molar-refractivity contribution in [3.63, 3.8) is 0 Å². The number of nitrogen functional groups attached to an aromatic ring is 1. The summed E-state index contributed by atoms with van der Waals surface area (Å²) in [7, 11) is 1.71. The van der Waals surface area contributed by atoms with Crippen LogP contribution < -0.4 is 5.73 Å². The van der Waals surface area contributed by atoms with E-state index in [-0.39, 0.29) is 17.5 Å². The molecule has 0 unspecified atom stereocenters. The van der Waals surface area contributed by atoms with E-state index in [2.05, 4.69) is 10.2 Å². The fraction of sp³-hybridized carbons (Fsp3) is 0.667. The molecule has 18 heavy (non-hydrogen) atoms. The third-order valence-corrected chi connectivity index (χ3v) is 2.74. The van der Waals surface area contributed by atoms with Crippen molar-refractivity contribution in [1.29, 1.82) is 0 Å². The predicted molar refractivity (Wildman–Crippen MR) is 70.5 cm³/mol. The van der Waals surface area contributed by atoms with Crippen LogP contribution in [0.5, 0.6) is 0 Å². The van der Waals surface area contributed by atoms with Crippen LogP contribution in [0.25, 0.3) is 0 Å². The van der Waals surface area contributed by atoms with Crippen molar-refractivity contribution in [2.24, 2.45) is 0 Å². The van der Waals surface area contributed by atoms with Crippen molar-refractivity contribution in [2.45, 2.75) is 26.7 Å². The highest BCUT2D eigenvalue weighted by atomic mass is 16.5. The maximum absolute atomic E-state index is 12.1. The Morgan fingerprint density at radius 2 is 2.22 bits per heavy atom. The molecule has 0 radical (unpaired) electrons. The third-order valence-electron chi connectivity index (χ3n) is 2.74. The lowest BCUT2D eigenvalue weighted by atomic mass is 10.1. The number of aromatic nitrogens is 2. The molecule has 6 nitrogen and oxygen atoms in total. The van der Waals surface area contributed by atoms with Crippen LogP contribution in [0.2, 0.25) is 0 Å². The molecule has 0 aliphatic rings. The summed E-state index contributed by atoms with van der Waals surface area (Å²) in [4.78, 5) is 13.7. The maximum atomic E-state index is 12.1. The average Bonchev–Trinajstić information content (AvgIpc) is 2.70. The largest absolute Gasteiger partial charge is 0.395 e. The number of nitrogens with one attached hydrogen (secondary N) is 1. The van der Waals surface area contributed by atoms with Gasteiger partial charge in [-0.15, -0.1) is 0 Å². The lowest BCUT2D eigenvalue weighted by Crippen LogP contribution is -2.31. The Morgan fingerprint density at radius 3 is 2.72 bits per heavy atom. The molecular weight excluding hydrogens is 232 g/mol. The van der Waals surface area contributed by atoms with Gasteiger partial charge in [-0.3, -0.25) is 9.89 Å². The number of aromatic amines is 1. The lowest BCUT2D eigenvalue weighted by Gasteiger charge is -2.16. The van der Waals surface area contributed by atoms with Crippen LogP contribution in [0.1, 0.15) is 42.9 Å². The number of ether oxygens (including phenoxy) is 1. The van der Waals surface area contributed by atoms with Gasteiger partial charge in [0.25, 0.3) is 5.91 Å². The van der Waals surface area contributed by atoms with Crippen LogP contribution in [0, 0.1) is 0 Å². The van der Waals surface area contributed by atoms with Gasteiger partial charge in [0.2, 0.25) is 0 Å². The number of H-pyrrole nitrogens is 1. The molecule has 0 bridgehead atoms. The second-order valence-corrected chi connectivity index (χ2v) is 4.48. The van der Waals surface area contributed by atoms with E-state index in [1.807, 2.05) is 20.8 Å². The number of rotatable bonds is 6. The van der Waals surface area contributed by atoms with Crippen molar-refractivity contribution >= 4 is 11.6 Å². The fourth-order valence-corrected chi connectivity index (χ4v) is 1.60. The molecule has 0 saturated carbocycles. The van der Waals surface area contributed by atoms with Crippen LogP contribution in [0.4, 0.5) is 5.69 Å². The zero-order chi connectivity index (χ0) is 13.7. The van der Waals surface area contributed by atoms with Crippen molar-refractivity contribution in [1.82, 2.24) is 15.1 Å². The highest BCUT2D eigenvalue weighted by Gasteiger charge is 2.21. The Hall–Kier alpha value is -1.56. The van der Waals surface area contributed by atoms with Gasteiger partial charge < -0.3 is 15.4 Å². The fourth-order valence-electron chi connectivity index (χ4n) is 1.60. The Bertz CT molecular complexity index is 401. The van der Waals surface area contributed by atoms with Gasteiger partial charge >= 0.3 is 0 Å². The highest BCUT2D eigenvalue weighted by Crippen LogP contribution is 2.22. The van der Waals surface area contributed by atoms with E-state index in [1.54, 1.807) is 11.9 Å². The van der Waals surface area contributed by atoms with E-state index in [1.165, 1.54) is 0 Å². The van der Waals surface area contributed by atoms with Crippen LogP contribution >= 0.6 is 0 Å². The lowest BCUT2D eigenvalue weighted by molar-refractivity contribution is 0.0705. The van der Waals surface area contributed by atoms with Crippen molar-refractivity contribution < 1.29 is 9.53 Å². The second-order valence-electron chi connectivity index (χ2n) is 4.48. The third kappa shape index (κ3) is 3.22. The Balaban J connectivity index is 2.72. The first-order valence-corrected chi connectivity index (χ1v) is 6.15. The molecule has 1 aromatic heterocycles. The van der Waals surface area contributed by atoms with E-state index < -0.39 is 0 Å². The number of nitrogens with zero attached hydrogens (tertiary/aromatic N) is 2. The number of hydrogen-bond donors (Lipinski definition) is 2. The molecule has 0 aliphatic heterocycles. The summed E-state index contributed by atoms with van der Waals surface area (Å²) < 4.78 is 5.21. The summed E-state index contributed by atoms with van der Waals surface area (Å²) in [5.74, 6) is 0.0307. The standard InChI is InChI=1S/C12H22N4O2/c1-5-18-7-6-16(4)12(17)11-9(13)10(8(2)3)14-15-11/h8H,5-7,13H2,1-4H3,(H,14,15). The number of carbonyl (C=O) groups is 1. The predicted octanol–water partition coefficient (Wildman–Crippen LogP) is 1.22. The molecule has 0 aliphatic carbocycles. The summed E-state index contributed by atoms with van der Waals surface area (Å²) in [5, 5.41) is 6.83. The number of hydrogen-bond acceptors (Lipinski definition) is 4. The molecular formula is C12H22N4O2. The van der Waals surface area contributed by atoms with Gasteiger partial charge in [-0.2, -0.15) is 5.10 Å². The SMILES string of the molecule is CCOCCN(C)C(=O)c1n[nH]c(C(C)C)c1N. The normalized spacial score (nSPS) is 10.9. The molecule has 3 N–H and O–H groups in total. The molecule has 0 saturated heterocycles. The maximum Gasteiger partial charge on any atom is 0.276 e. The highest BCUT2D eigenvalue weighted by molar-refractivity contribution is 5.97. The van der Waals surface area contributed by atoms with E-state index in [4.69, 9.17) is 10.5 Å². The summed E-state index contributed by atoms with van der Waals surface area (Å²) in [6.45, 7) is 7.59. The first-order valence-electron chi connectivity index (χ1n) is 6.15. The van der Waals surface area contributed by atoms with Crippen LogP contribution in [0.3, 0.4) is 0 Å². The quantitative estimate of drug-likeness (QED) is 0.748. The summed E-state index contributed by atoms with van der Waals surface area (Å²) >= 11 is 0. The van der Waals surface area contributed by atoms with Crippen molar-refractivity contribution in [3.05, 3.63) is 11.4 Å². The van der Waals surface area contributed by atoms with E-state index in [0.29, 0.717) is 25.4 Å². The Morgan fingerprint density at radius 1 is 1.56 bits per heavy atom. The summed E-state index contributed by atoms with van der Waals surface area (Å²) in [6.07, 6.45) is 0. The zero-order valence-electron chi connectivity index (χ0n) is 11.5. The van der Waals surface area contributed by atoms with Crippen molar-refractivity contribution in [3.8, 4) is 0 Å². The average molecular weight is 254 g/mol. The molecule has 0 aromatic carbocycles. The molecule has 0 spiro atoms. The Kier molecular flexibility index (Phi) is 5.15. The van der Waals surface area contributed by atoms with E-state index in [9.17, 15) is 4.79 Å². The smallest absolute Gasteiger partial charge is 0.276 e. The Labute approximate surface area is 107 Å². The number of amides is 1. The number of likely N-dealkylation sites (N-methyl/N-ethyl adjacent to an activating group) is 1. The number of anilines is 1. The topological polar surface area (TPSA) is 84.2 Å². The molecule has 0 fully saturated rings. The molecule has 1 rings (SSSR count). The molecule has 6 heteroatoms. The minimum Gasteiger partial charge on any atom is -0.395 e. The van der Waals surface area contributed by atoms with Gasteiger partial charge in [0.1, 0.15) is 0 Å². The first kappa shape index (κ1) is 14.5. The van der Waals surface area contributed by atoms with Crippen LogP contribution in [0.15, 0.2) is 0 Å². The first-order chi connectivity index (χ1) is 8.49. The molecule has 1 amide bonds. The number of nitrogens with two attached hydrogens (primary N) is 1. The molecule has 1 heterocycles.